The average molecular weight is 446 g/mol. The Hall–Kier alpha value is -3.77. The van der Waals surface area contributed by atoms with E-state index >= 15 is 0 Å². The lowest BCUT2D eigenvalue weighted by Crippen LogP contribution is -2.06. The zero-order valence-corrected chi connectivity index (χ0v) is 16.0. The van der Waals surface area contributed by atoms with Gasteiger partial charge in [0.05, 0.1) is 24.1 Å². The zero-order chi connectivity index (χ0) is 22.9. The van der Waals surface area contributed by atoms with Crippen LogP contribution in [-0.2, 0) is 6.18 Å². The largest absolute Gasteiger partial charge is 0.417 e. The second-order valence-electron chi connectivity index (χ2n) is 6.70. The van der Waals surface area contributed by atoms with Gasteiger partial charge in [0.15, 0.2) is 11.6 Å². The normalized spacial score (nSPS) is 12.7. The van der Waals surface area contributed by atoms with Crippen molar-refractivity contribution in [2.45, 2.75) is 12.3 Å². The number of fused-ring (bicyclic) bond motifs is 1. The van der Waals surface area contributed by atoms with Crippen molar-refractivity contribution < 1.29 is 27.8 Å². The lowest BCUT2D eigenvalue weighted by Gasteiger charge is -2.11. The molecule has 0 aliphatic carbocycles. The predicted molar refractivity (Wildman–Crippen MR) is 105 cm³/mol. The van der Waals surface area contributed by atoms with E-state index in [1.165, 1.54) is 24.7 Å². The summed E-state index contributed by atoms with van der Waals surface area (Å²) in [7, 11) is 0. The molecular weight excluding hydrogens is 432 g/mol. The molecule has 8 nitrogen and oxygen atoms in total. The Morgan fingerprint density at radius 1 is 1.00 bits per heavy atom. The predicted octanol–water partition coefficient (Wildman–Crippen LogP) is 3.41. The number of hydrogen-bond donors (Lipinski definition) is 3. The highest BCUT2D eigenvalue weighted by Gasteiger charge is 2.30. The molecule has 0 aromatic carbocycles. The maximum Gasteiger partial charge on any atom is 0.417 e. The van der Waals surface area contributed by atoms with E-state index in [-0.39, 0.29) is 28.6 Å². The molecule has 0 spiro atoms. The van der Waals surface area contributed by atoms with Crippen LogP contribution >= 0.6 is 0 Å². The summed E-state index contributed by atoms with van der Waals surface area (Å²) in [5.74, 6) is -0.422. The summed E-state index contributed by atoms with van der Waals surface area (Å²) in [6.45, 7) is -0.572. The van der Waals surface area contributed by atoms with E-state index in [0.717, 1.165) is 18.2 Å². The number of alkyl halides is 3. The third-order valence-electron chi connectivity index (χ3n) is 4.55. The molecule has 0 aliphatic heterocycles. The summed E-state index contributed by atoms with van der Waals surface area (Å²) < 4.78 is 52.6. The smallest absolute Gasteiger partial charge is 0.393 e. The summed E-state index contributed by atoms with van der Waals surface area (Å²) in [5.41, 5.74) is -0.649. The van der Waals surface area contributed by atoms with Gasteiger partial charge in [0.25, 0.3) is 0 Å². The number of nitrogens with one attached hydrogen (secondary N) is 1. The van der Waals surface area contributed by atoms with Crippen LogP contribution in [0.3, 0.4) is 0 Å². The number of halogens is 4. The van der Waals surface area contributed by atoms with Crippen LogP contribution in [0.15, 0.2) is 49.1 Å². The van der Waals surface area contributed by atoms with Gasteiger partial charge in [-0.1, -0.05) is 0 Å². The van der Waals surface area contributed by atoms with Crippen molar-refractivity contribution in [2.75, 3.05) is 11.9 Å². The Balaban J connectivity index is 1.64. The molecule has 1 atom stereocenters. The summed E-state index contributed by atoms with van der Waals surface area (Å²) in [5, 5.41) is 30.1. The van der Waals surface area contributed by atoms with Crippen molar-refractivity contribution >= 4 is 22.4 Å². The van der Waals surface area contributed by atoms with Gasteiger partial charge in [0.2, 0.25) is 0 Å². The van der Waals surface area contributed by atoms with Crippen LogP contribution in [0.25, 0.3) is 22.2 Å². The van der Waals surface area contributed by atoms with E-state index < -0.39 is 30.3 Å². The summed E-state index contributed by atoms with van der Waals surface area (Å²) in [4.78, 5) is 11.9. The molecule has 0 fully saturated rings. The zero-order valence-electron chi connectivity index (χ0n) is 16.0. The van der Waals surface area contributed by atoms with E-state index in [9.17, 15) is 22.7 Å². The monoisotopic (exact) mass is 446 g/mol. The van der Waals surface area contributed by atoms with Gasteiger partial charge in [-0.3, -0.25) is 9.97 Å². The average Bonchev–Trinajstić information content (AvgIpc) is 2.78. The molecule has 0 aliphatic rings. The Kier molecular flexibility index (Phi) is 5.63. The maximum atomic E-state index is 14.5. The third kappa shape index (κ3) is 4.31. The first-order valence-corrected chi connectivity index (χ1v) is 9.12. The van der Waals surface area contributed by atoms with Gasteiger partial charge in [0.1, 0.15) is 17.6 Å². The first-order chi connectivity index (χ1) is 15.3. The molecule has 4 aromatic heterocycles. The van der Waals surface area contributed by atoms with Crippen molar-refractivity contribution in [3.63, 3.8) is 0 Å². The Bertz CT molecular complexity index is 1270. The van der Waals surface area contributed by atoms with Crippen molar-refractivity contribution in [3.05, 3.63) is 66.0 Å². The SMILES string of the molecule is OC[C@H](O)c1cnc(-c2cc3cnnc(Nc4ccc(C(F)(F)F)cn4)c3cn2)c(F)c1. The van der Waals surface area contributed by atoms with Gasteiger partial charge in [-0.2, -0.15) is 18.3 Å². The third-order valence-corrected chi connectivity index (χ3v) is 4.55. The van der Waals surface area contributed by atoms with Crippen molar-refractivity contribution in [1.82, 2.24) is 25.1 Å². The number of pyridine rings is 3. The molecule has 0 saturated heterocycles. The van der Waals surface area contributed by atoms with E-state index in [0.29, 0.717) is 17.0 Å². The number of aliphatic hydroxyl groups is 2. The van der Waals surface area contributed by atoms with Crippen LogP contribution in [0, 0.1) is 5.82 Å². The van der Waals surface area contributed by atoms with Crippen LogP contribution < -0.4 is 5.32 Å². The fourth-order valence-electron chi connectivity index (χ4n) is 2.89. The van der Waals surface area contributed by atoms with Gasteiger partial charge in [0, 0.05) is 34.9 Å². The van der Waals surface area contributed by atoms with Crippen molar-refractivity contribution in [1.29, 1.82) is 0 Å². The quantitative estimate of drug-likeness (QED) is 0.400. The fraction of sp³-hybridized carbons (Fsp3) is 0.150. The second-order valence-corrected chi connectivity index (χ2v) is 6.70. The lowest BCUT2D eigenvalue weighted by atomic mass is 10.1. The molecule has 12 heteroatoms. The van der Waals surface area contributed by atoms with Crippen LogP contribution in [0.1, 0.15) is 17.2 Å². The lowest BCUT2D eigenvalue weighted by molar-refractivity contribution is -0.137. The van der Waals surface area contributed by atoms with Gasteiger partial charge in [-0.25, -0.2) is 9.37 Å². The molecule has 0 radical (unpaired) electrons. The number of rotatable bonds is 5. The van der Waals surface area contributed by atoms with E-state index in [1.807, 2.05) is 0 Å². The number of hydrogen-bond acceptors (Lipinski definition) is 8. The molecule has 4 heterocycles. The molecule has 0 bridgehead atoms. The molecule has 4 rings (SSSR count). The van der Waals surface area contributed by atoms with Gasteiger partial charge >= 0.3 is 6.18 Å². The first-order valence-electron chi connectivity index (χ1n) is 9.12. The van der Waals surface area contributed by atoms with Gasteiger partial charge < -0.3 is 15.5 Å². The summed E-state index contributed by atoms with van der Waals surface area (Å²) in [6, 6.07) is 4.62. The van der Waals surface area contributed by atoms with Crippen LogP contribution in [0.4, 0.5) is 29.2 Å². The van der Waals surface area contributed by atoms with Crippen LogP contribution in [-0.4, -0.2) is 42.0 Å². The van der Waals surface area contributed by atoms with E-state index in [2.05, 4.69) is 30.5 Å². The minimum Gasteiger partial charge on any atom is -0.393 e. The minimum absolute atomic E-state index is 0.0727. The topological polar surface area (TPSA) is 117 Å². The molecule has 0 unspecified atom stereocenters. The van der Waals surface area contributed by atoms with Gasteiger partial charge in [-0.15, -0.1) is 5.10 Å². The maximum absolute atomic E-state index is 14.5. The number of aliphatic hydroxyl groups excluding tert-OH is 2. The fourth-order valence-corrected chi connectivity index (χ4v) is 2.89. The summed E-state index contributed by atoms with van der Waals surface area (Å²) in [6.07, 6.45) is -1.01. The highest BCUT2D eigenvalue weighted by Crippen LogP contribution is 2.30. The molecule has 4 aromatic rings. The van der Waals surface area contributed by atoms with E-state index in [4.69, 9.17) is 5.11 Å². The van der Waals surface area contributed by atoms with Crippen molar-refractivity contribution in [3.8, 4) is 11.4 Å². The standard InChI is InChI=1S/C20H14F4N6O2/c21-14-3-11(16(32)9-31)5-27-18(14)15-4-10-6-28-30-19(13(10)8-25-15)29-17-2-1-12(7-26-17)20(22,23)24/h1-8,16,31-32H,9H2,(H,26,29,30)/t16-/m0/s1. The number of anilines is 2. The van der Waals surface area contributed by atoms with E-state index in [1.54, 1.807) is 0 Å². The molecule has 0 saturated carbocycles. The Morgan fingerprint density at radius 2 is 1.81 bits per heavy atom. The second kappa shape index (κ2) is 8.40. The minimum atomic E-state index is -4.50. The van der Waals surface area contributed by atoms with Crippen LogP contribution in [0.2, 0.25) is 0 Å². The first kappa shape index (κ1) is 21.5. The molecule has 3 N–H and O–H groups in total. The highest BCUT2D eigenvalue weighted by atomic mass is 19.4. The highest BCUT2D eigenvalue weighted by molar-refractivity contribution is 5.93. The number of nitrogens with zero attached hydrogens (tertiary/aromatic N) is 5. The Labute approximate surface area is 177 Å². The molecule has 164 valence electrons. The molecular formula is C20H14F4N6O2. The van der Waals surface area contributed by atoms with Crippen molar-refractivity contribution in [2.24, 2.45) is 0 Å². The number of aromatic nitrogens is 5. The van der Waals surface area contributed by atoms with Crippen LogP contribution in [0.5, 0.6) is 0 Å². The molecule has 32 heavy (non-hydrogen) atoms. The van der Waals surface area contributed by atoms with Gasteiger partial charge in [-0.05, 0) is 24.3 Å². The summed E-state index contributed by atoms with van der Waals surface area (Å²) >= 11 is 0. The Morgan fingerprint density at radius 3 is 2.47 bits per heavy atom. The molecule has 0 amide bonds.